The summed E-state index contributed by atoms with van der Waals surface area (Å²) in [6, 6.07) is 11.6. The van der Waals surface area contributed by atoms with Gasteiger partial charge < -0.3 is 5.32 Å². The number of amides is 1. The fourth-order valence-electron chi connectivity index (χ4n) is 3.89. The second kappa shape index (κ2) is 9.17. The standard InChI is InChI=1S/C23H21ClN6OS2/c1-3-32-23(31)28-22-27-16-10-9-14-19(13-8-11-18(25-2)26-12-13)29-30(20(14)21(16)33-22)17-7-5-4-6-15(17)24/h4-8,11-12H,3,9-10H2,1-2H3,(H,25,26)(H,27,28,31). The third-order valence-corrected chi connectivity index (χ3v) is 7.36. The predicted molar refractivity (Wildman–Crippen MR) is 137 cm³/mol. The van der Waals surface area contributed by atoms with Crippen LogP contribution in [0.15, 0.2) is 42.6 Å². The number of carbonyl (C=O) groups excluding carboxylic acids is 1. The van der Waals surface area contributed by atoms with Crippen molar-refractivity contribution in [1.82, 2.24) is 19.7 Å². The Morgan fingerprint density at radius 1 is 1.24 bits per heavy atom. The van der Waals surface area contributed by atoms with Crippen molar-refractivity contribution in [2.45, 2.75) is 19.8 Å². The van der Waals surface area contributed by atoms with Gasteiger partial charge in [-0.05, 0) is 42.9 Å². The molecule has 7 nitrogen and oxygen atoms in total. The zero-order valence-electron chi connectivity index (χ0n) is 18.1. The molecule has 0 radical (unpaired) electrons. The molecule has 0 aliphatic heterocycles. The Morgan fingerprint density at radius 2 is 2.09 bits per heavy atom. The van der Waals surface area contributed by atoms with Crippen LogP contribution in [-0.2, 0) is 12.8 Å². The van der Waals surface area contributed by atoms with Crippen LogP contribution in [0.1, 0.15) is 18.2 Å². The van der Waals surface area contributed by atoms with Gasteiger partial charge in [0.05, 0.1) is 32.7 Å². The van der Waals surface area contributed by atoms with Gasteiger partial charge in [0.25, 0.3) is 5.24 Å². The minimum Gasteiger partial charge on any atom is -0.373 e. The highest BCUT2D eigenvalue weighted by molar-refractivity contribution is 8.13. The summed E-state index contributed by atoms with van der Waals surface area (Å²) in [6.07, 6.45) is 3.40. The lowest BCUT2D eigenvalue weighted by molar-refractivity contribution is 0.270. The number of pyridine rings is 1. The summed E-state index contributed by atoms with van der Waals surface area (Å²) in [5, 5.41) is 12.1. The number of aryl methyl sites for hydroxylation is 1. The number of fused-ring (bicyclic) bond motifs is 3. The minimum absolute atomic E-state index is 0.0974. The van der Waals surface area contributed by atoms with Gasteiger partial charge in [0.1, 0.15) is 5.82 Å². The first-order chi connectivity index (χ1) is 16.1. The third kappa shape index (κ3) is 4.12. The summed E-state index contributed by atoms with van der Waals surface area (Å²) >= 11 is 9.29. The normalized spacial score (nSPS) is 12.2. The van der Waals surface area contributed by atoms with Crippen LogP contribution in [0.2, 0.25) is 5.02 Å². The van der Waals surface area contributed by atoms with Crippen molar-refractivity contribution in [3.63, 3.8) is 0 Å². The van der Waals surface area contributed by atoms with E-state index < -0.39 is 0 Å². The lowest BCUT2D eigenvalue weighted by Crippen LogP contribution is -2.07. The summed E-state index contributed by atoms with van der Waals surface area (Å²) in [6.45, 7) is 1.95. The van der Waals surface area contributed by atoms with E-state index in [1.165, 1.54) is 23.1 Å². The molecule has 0 saturated carbocycles. The Bertz CT molecular complexity index is 1330. The molecule has 0 fully saturated rings. The number of hydrogen-bond donors (Lipinski definition) is 2. The van der Waals surface area contributed by atoms with Crippen molar-refractivity contribution in [2.75, 3.05) is 23.4 Å². The van der Waals surface area contributed by atoms with Gasteiger partial charge in [-0.3, -0.25) is 10.1 Å². The van der Waals surface area contributed by atoms with Gasteiger partial charge in [-0.25, -0.2) is 14.6 Å². The molecule has 3 heterocycles. The van der Waals surface area contributed by atoms with Crippen molar-refractivity contribution >= 4 is 50.9 Å². The Morgan fingerprint density at radius 3 is 2.82 bits per heavy atom. The Labute approximate surface area is 204 Å². The maximum atomic E-state index is 12.1. The van der Waals surface area contributed by atoms with E-state index in [1.807, 2.05) is 61.2 Å². The van der Waals surface area contributed by atoms with E-state index in [2.05, 4.69) is 15.6 Å². The van der Waals surface area contributed by atoms with Crippen molar-refractivity contribution < 1.29 is 4.79 Å². The molecule has 1 aliphatic carbocycles. The van der Waals surface area contributed by atoms with Gasteiger partial charge >= 0.3 is 0 Å². The second-order valence-corrected chi connectivity index (χ2v) is 10.0. The van der Waals surface area contributed by atoms with Crippen molar-refractivity contribution in [3.8, 4) is 27.5 Å². The van der Waals surface area contributed by atoms with Crippen molar-refractivity contribution in [1.29, 1.82) is 0 Å². The average Bonchev–Trinajstić information content (AvgIpc) is 3.40. The predicted octanol–water partition coefficient (Wildman–Crippen LogP) is 6.14. The summed E-state index contributed by atoms with van der Waals surface area (Å²) in [4.78, 5) is 22.3. The summed E-state index contributed by atoms with van der Waals surface area (Å²) < 4.78 is 1.90. The number of thioether (sulfide) groups is 1. The SMILES string of the molecule is CCSC(=O)Nc1nc2c(s1)-c1c(c(-c3ccc(NC)nc3)nn1-c1ccccc1Cl)CC2. The Hall–Kier alpha value is -2.88. The van der Waals surface area contributed by atoms with E-state index >= 15 is 0 Å². The van der Waals surface area contributed by atoms with E-state index in [9.17, 15) is 4.79 Å². The quantitative estimate of drug-likeness (QED) is 0.345. The van der Waals surface area contributed by atoms with Crippen LogP contribution in [0.5, 0.6) is 0 Å². The molecule has 0 saturated heterocycles. The highest BCUT2D eigenvalue weighted by Gasteiger charge is 2.30. The van der Waals surface area contributed by atoms with Crippen LogP contribution in [0.3, 0.4) is 0 Å². The molecule has 10 heteroatoms. The van der Waals surface area contributed by atoms with Gasteiger partial charge in [0.15, 0.2) is 5.13 Å². The highest BCUT2D eigenvalue weighted by Crippen LogP contribution is 2.44. The topological polar surface area (TPSA) is 84.7 Å². The van der Waals surface area contributed by atoms with Crippen LogP contribution in [0.25, 0.3) is 27.5 Å². The number of aromatic nitrogens is 4. The molecule has 33 heavy (non-hydrogen) atoms. The van der Waals surface area contributed by atoms with Gasteiger partial charge in [0.2, 0.25) is 0 Å². The molecular formula is C23H21ClN6OS2. The zero-order chi connectivity index (χ0) is 22.9. The van der Waals surface area contributed by atoms with E-state index in [1.54, 1.807) is 0 Å². The fourth-order valence-corrected chi connectivity index (χ4v) is 5.67. The first-order valence-corrected chi connectivity index (χ1v) is 12.7. The maximum Gasteiger partial charge on any atom is 0.285 e. The number of nitrogens with one attached hydrogen (secondary N) is 2. The molecule has 1 amide bonds. The summed E-state index contributed by atoms with van der Waals surface area (Å²) in [5.74, 6) is 1.51. The van der Waals surface area contributed by atoms with E-state index in [4.69, 9.17) is 21.7 Å². The molecule has 0 spiro atoms. The first kappa shape index (κ1) is 21.9. The number of nitrogens with zero attached hydrogens (tertiary/aromatic N) is 4. The monoisotopic (exact) mass is 496 g/mol. The smallest absolute Gasteiger partial charge is 0.285 e. The third-order valence-electron chi connectivity index (χ3n) is 5.37. The molecule has 2 N–H and O–H groups in total. The number of carbonyl (C=O) groups is 1. The zero-order valence-corrected chi connectivity index (χ0v) is 20.4. The van der Waals surface area contributed by atoms with Gasteiger partial charge in [0, 0.05) is 24.4 Å². The number of hydrogen-bond acceptors (Lipinski definition) is 7. The van der Waals surface area contributed by atoms with Crippen LogP contribution in [0.4, 0.5) is 15.7 Å². The molecule has 168 valence electrons. The number of benzene rings is 1. The van der Waals surface area contributed by atoms with Gasteiger partial charge in [-0.15, -0.1) is 0 Å². The molecule has 1 aliphatic rings. The van der Waals surface area contributed by atoms with Crippen LogP contribution in [-0.4, -0.2) is 37.8 Å². The molecular weight excluding hydrogens is 476 g/mol. The van der Waals surface area contributed by atoms with E-state index in [0.29, 0.717) is 15.9 Å². The average molecular weight is 497 g/mol. The van der Waals surface area contributed by atoms with Crippen molar-refractivity contribution in [2.24, 2.45) is 0 Å². The lowest BCUT2D eigenvalue weighted by atomic mass is 9.95. The van der Waals surface area contributed by atoms with E-state index in [0.717, 1.165) is 57.4 Å². The molecule has 5 rings (SSSR count). The second-order valence-electron chi connectivity index (χ2n) is 7.36. The number of para-hydroxylation sites is 1. The maximum absolute atomic E-state index is 12.1. The summed E-state index contributed by atoms with van der Waals surface area (Å²) in [7, 11) is 1.84. The number of halogens is 1. The molecule has 0 unspecified atom stereocenters. The first-order valence-electron chi connectivity index (χ1n) is 10.5. The Balaban J connectivity index is 1.67. The highest BCUT2D eigenvalue weighted by atomic mass is 35.5. The number of rotatable bonds is 5. The molecule has 0 atom stereocenters. The molecule has 4 aromatic rings. The van der Waals surface area contributed by atoms with Crippen LogP contribution >= 0.6 is 34.7 Å². The van der Waals surface area contributed by atoms with Crippen LogP contribution < -0.4 is 10.6 Å². The molecule has 0 bridgehead atoms. The molecule has 1 aromatic carbocycles. The van der Waals surface area contributed by atoms with Gasteiger partial charge in [-0.1, -0.05) is 53.8 Å². The number of anilines is 2. The number of thiazole rings is 1. The van der Waals surface area contributed by atoms with Crippen molar-refractivity contribution in [3.05, 3.63) is 58.9 Å². The summed E-state index contributed by atoms with van der Waals surface area (Å²) in [5.41, 5.74) is 5.69. The van der Waals surface area contributed by atoms with E-state index in [-0.39, 0.29) is 5.24 Å². The lowest BCUT2D eigenvalue weighted by Gasteiger charge is -2.14. The fraction of sp³-hybridized carbons (Fsp3) is 0.217. The minimum atomic E-state index is -0.0974. The van der Waals surface area contributed by atoms with Crippen LogP contribution in [0, 0.1) is 0 Å². The van der Waals surface area contributed by atoms with Gasteiger partial charge in [-0.2, -0.15) is 5.10 Å². The Kier molecular flexibility index (Phi) is 6.09. The molecule has 3 aromatic heterocycles. The largest absolute Gasteiger partial charge is 0.373 e.